The van der Waals surface area contributed by atoms with Crippen LogP contribution in [0.2, 0.25) is 0 Å². The summed E-state index contributed by atoms with van der Waals surface area (Å²) in [6.07, 6.45) is 0.969. The number of hydrogen-bond donors (Lipinski definition) is 1. The molecule has 0 saturated heterocycles. The number of hydrogen-bond acceptors (Lipinski definition) is 3. The van der Waals surface area contributed by atoms with E-state index >= 15 is 0 Å². The van der Waals surface area contributed by atoms with E-state index in [-0.39, 0.29) is 0 Å². The highest BCUT2D eigenvalue weighted by atomic mass is 79.9. The number of anilines is 1. The Labute approximate surface area is 121 Å². The number of aromatic nitrogens is 2. The molecular weight excluding hydrogens is 306 g/mol. The topological polar surface area (TPSA) is 53.1 Å². The van der Waals surface area contributed by atoms with Gasteiger partial charge in [0.15, 0.2) is 0 Å². The molecule has 0 unspecified atom stereocenters. The normalized spacial score (nSPS) is 10.7. The van der Waals surface area contributed by atoms with Crippen molar-refractivity contribution in [2.75, 3.05) is 5.73 Å². The van der Waals surface area contributed by atoms with Crippen LogP contribution >= 0.6 is 15.9 Å². The van der Waals surface area contributed by atoms with E-state index in [2.05, 4.69) is 28.0 Å². The molecule has 2 aromatic rings. The standard InChI is InChI=1S/C14H18BrN3O/c1-4-10-5-6-13(11(16)7-10)19-8-12-14(15)9(2)17-18(12)3/h5-7H,4,8,16H2,1-3H3. The molecular formula is C14H18BrN3O. The van der Waals surface area contributed by atoms with Crippen LogP contribution in [0.3, 0.4) is 0 Å². The first kappa shape index (κ1) is 13.9. The predicted molar refractivity (Wildman–Crippen MR) is 80.2 cm³/mol. The minimum Gasteiger partial charge on any atom is -0.485 e. The van der Waals surface area contributed by atoms with Crippen molar-refractivity contribution >= 4 is 21.6 Å². The van der Waals surface area contributed by atoms with E-state index in [9.17, 15) is 0 Å². The molecule has 2 rings (SSSR count). The SMILES string of the molecule is CCc1ccc(OCc2c(Br)c(C)nn2C)c(N)c1. The quantitative estimate of drug-likeness (QED) is 0.879. The van der Waals surface area contributed by atoms with Crippen LogP contribution in [0.25, 0.3) is 0 Å². The number of nitrogen functional groups attached to an aromatic ring is 1. The second kappa shape index (κ2) is 5.65. The first-order valence-electron chi connectivity index (χ1n) is 6.22. The van der Waals surface area contributed by atoms with E-state index in [0.29, 0.717) is 18.0 Å². The van der Waals surface area contributed by atoms with E-state index in [1.807, 2.05) is 36.9 Å². The zero-order valence-corrected chi connectivity index (χ0v) is 13.0. The second-order valence-corrected chi connectivity index (χ2v) is 5.28. The van der Waals surface area contributed by atoms with E-state index in [1.165, 1.54) is 5.56 Å². The van der Waals surface area contributed by atoms with Gasteiger partial charge in [-0.15, -0.1) is 0 Å². The third-order valence-corrected chi connectivity index (χ3v) is 4.14. The molecule has 1 aromatic carbocycles. The molecule has 1 heterocycles. The zero-order chi connectivity index (χ0) is 14.0. The first-order valence-corrected chi connectivity index (χ1v) is 7.01. The molecule has 0 spiro atoms. The summed E-state index contributed by atoms with van der Waals surface area (Å²) in [5, 5.41) is 4.33. The number of aryl methyl sites for hydroxylation is 3. The number of nitrogens with zero attached hydrogens (tertiary/aromatic N) is 2. The van der Waals surface area contributed by atoms with E-state index in [1.54, 1.807) is 0 Å². The van der Waals surface area contributed by atoms with Crippen molar-refractivity contribution in [2.45, 2.75) is 26.9 Å². The summed E-state index contributed by atoms with van der Waals surface area (Å²) in [6, 6.07) is 5.92. The molecule has 19 heavy (non-hydrogen) atoms. The van der Waals surface area contributed by atoms with E-state index in [0.717, 1.165) is 22.3 Å². The second-order valence-electron chi connectivity index (χ2n) is 4.48. The van der Waals surface area contributed by atoms with Crippen LogP contribution in [0.5, 0.6) is 5.75 Å². The molecule has 0 aliphatic heterocycles. The van der Waals surface area contributed by atoms with Crippen molar-refractivity contribution in [2.24, 2.45) is 7.05 Å². The van der Waals surface area contributed by atoms with Gasteiger partial charge in [-0.3, -0.25) is 4.68 Å². The van der Waals surface area contributed by atoms with Crippen molar-refractivity contribution in [3.05, 3.63) is 39.6 Å². The number of nitrogens with two attached hydrogens (primary N) is 1. The van der Waals surface area contributed by atoms with Crippen LogP contribution in [0.1, 0.15) is 23.9 Å². The van der Waals surface area contributed by atoms with E-state index in [4.69, 9.17) is 10.5 Å². The van der Waals surface area contributed by atoms with Crippen molar-refractivity contribution in [1.82, 2.24) is 9.78 Å². The molecule has 4 nitrogen and oxygen atoms in total. The summed E-state index contributed by atoms with van der Waals surface area (Å²) in [5.41, 5.74) is 9.82. The smallest absolute Gasteiger partial charge is 0.142 e. The van der Waals surface area contributed by atoms with Crippen LogP contribution in [-0.2, 0) is 20.1 Å². The number of rotatable bonds is 4. The van der Waals surface area contributed by atoms with Crippen LogP contribution in [0.15, 0.2) is 22.7 Å². The van der Waals surface area contributed by atoms with Gasteiger partial charge in [0, 0.05) is 7.05 Å². The number of benzene rings is 1. The maximum Gasteiger partial charge on any atom is 0.142 e. The molecule has 0 aliphatic rings. The fourth-order valence-corrected chi connectivity index (χ4v) is 2.38. The first-order chi connectivity index (χ1) is 9.02. The molecule has 2 N–H and O–H groups in total. The Morgan fingerprint density at radius 1 is 1.42 bits per heavy atom. The zero-order valence-electron chi connectivity index (χ0n) is 11.4. The lowest BCUT2D eigenvalue weighted by molar-refractivity contribution is 0.295. The van der Waals surface area contributed by atoms with Crippen molar-refractivity contribution in [3.63, 3.8) is 0 Å². The van der Waals surface area contributed by atoms with Gasteiger partial charge in [-0.1, -0.05) is 13.0 Å². The number of halogens is 1. The van der Waals surface area contributed by atoms with Gasteiger partial charge in [0.1, 0.15) is 12.4 Å². The Hall–Kier alpha value is -1.49. The molecule has 0 aliphatic carbocycles. The predicted octanol–water partition coefficient (Wildman–Crippen LogP) is 3.21. The highest BCUT2D eigenvalue weighted by molar-refractivity contribution is 9.10. The lowest BCUT2D eigenvalue weighted by Gasteiger charge is -2.10. The van der Waals surface area contributed by atoms with Gasteiger partial charge in [-0.05, 0) is 47.0 Å². The molecule has 102 valence electrons. The largest absolute Gasteiger partial charge is 0.485 e. The Morgan fingerprint density at radius 2 is 2.16 bits per heavy atom. The summed E-state index contributed by atoms with van der Waals surface area (Å²) in [5.74, 6) is 0.711. The highest BCUT2D eigenvalue weighted by Gasteiger charge is 2.11. The summed E-state index contributed by atoms with van der Waals surface area (Å²) >= 11 is 3.52. The van der Waals surface area contributed by atoms with Crippen molar-refractivity contribution in [3.8, 4) is 5.75 Å². The maximum absolute atomic E-state index is 5.98. The molecule has 0 fully saturated rings. The summed E-state index contributed by atoms with van der Waals surface area (Å²) in [6.45, 7) is 4.50. The molecule has 1 aromatic heterocycles. The van der Waals surface area contributed by atoms with Crippen LogP contribution in [0.4, 0.5) is 5.69 Å². The van der Waals surface area contributed by atoms with Gasteiger partial charge >= 0.3 is 0 Å². The average molecular weight is 324 g/mol. The van der Waals surface area contributed by atoms with E-state index < -0.39 is 0 Å². The highest BCUT2D eigenvalue weighted by Crippen LogP contribution is 2.26. The molecule has 5 heteroatoms. The van der Waals surface area contributed by atoms with Gasteiger partial charge in [0.2, 0.25) is 0 Å². The van der Waals surface area contributed by atoms with Gasteiger partial charge in [-0.25, -0.2) is 0 Å². The monoisotopic (exact) mass is 323 g/mol. The molecule has 0 saturated carbocycles. The molecule has 0 bridgehead atoms. The maximum atomic E-state index is 5.98. The Kier molecular flexibility index (Phi) is 4.14. The van der Waals surface area contributed by atoms with Crippen LogP contribution in [0, 0.1) is 6.92 Å². The lowest BCUT2D eigenvalue weighted by Crippen LogP contribution is -2.05. The van der Waals surface area contributed by atoms with Crippen molar-refractivity contribution < 1.29 is 4.74 Å². The number of ether oxygens (including phenoxy) is 1. The van der Waals surface area contributed by atoms with Crippen molar-refractivity contribution in [1.29, 1.82) is 0 Å². The molecule has 0 radical (unpaired) electrons. The Morgan fingerprint density at radius 3 is 2.68 bits per heavy atom. The lowest BCUT2D eigenvalue weighted by atomic mass is 10.1. The minimum atomic E-state index is 0.438. The third-order valence-electron chi connectivity index (χ3n) is 3.11. The Bertz CT molecular complexity index is 593. The fraction of sp³-hybridized carbons (Fsp3) is 0.357. The average Bonchev–Trinajstić information content (AvgIpc) is 2.62. The van der Waals surface area contributed by atoms with Crippen LogP contribution in [-0.4, -0.2) is 9.78 Å². The third kappa shape index (κ3) is 2.92. The molecule has 0 atom stereocenters. The summed E-state index contributed by atoms with van der Waals surface area (Å²) in [7, 11) is 1.90. The van der Waals surface area contributed by atoms with Gasteiger partial charge in [0.25, 0.3) is 0 Å². The minimum absolute atomic E-state index is 0.438. The summed E-state index contributed by atoms with van der Waals surface area (Å²) in [4.78, 5) is 0. The fourth-order valence-electron chi connectivity index (χ4n) is 1.93. The summed E-state index contributed by atoms with van der Waals surface area (Å²) < 4.78 is 8.58. The van der Waals surface area contributed by atoms with Gasteiger partial charge in [0.05, 0.1) is 21.5 Å². The van der Waals surface area contributed by atoms with Gasteiger partial charge in [-0.2, -0.15) is 5.10 Å². The Balaban J connectivity index is 2.14. The van der Waals surface area contributed by atoms with Gasteiger partial charge < -0.3 is 10.5 Å². The van der Waals surface area contributed by atoms with Crippen LogP contribution < -0.4 is 10.5 Å². The molecule has 0 amide bonds.